The van der Waals surface area contributed by atoms with Gasteiger partial charge in [-0.05, 0) is 38.5 Å². The zero-order valence-corrected chi connectivity index (χ0v) is 11.2. The summed E-state index contributed by atoms with van der Waals surface area (Å²) in [5.74, 6) is 0.212. The molecule has 0 aromatic heterocycles. The molecular formula is C13H17ClO3. The van der Waals surface area contributed by atoms with Crippen molar-refractivity contribution in [3.05, 3.63) is 29.8 Å². The molecule has 0 fully saturated rings. The van der Waals surface area contributed by atoms with Crippen molar-refractivity contribution in [3.8, 4) is 5.75 Å². The topological polar surface area (TPSA) is 35.5 Å². The lowest BCUT2D eigenvalue weighted by Gasteiger charge is -2.21. The number of carbonyl (C=O) groups excluding carboxylic acids is 1. The van der Waals surface area contributed by atoms with Gasteiger partial charge in [0.1, 0.15) is 11.4 Å². The lowest BCUT2D eigenvalue weighted by Crippen LogP contribution is -2.26. The minimum atomic E-state index is -0.815. The van der Waals surface area contributed by atoms with Gasteiger partial charge in [-0.1, -0.05) is 12.1 Å². The Morgan fingerprint density at radius 2 is 2.00 bits per heavy atom. The van der Waals surface area contributed by atoms with Crippen molar-refractivity contribution in [1.29, 1.82) is 0 Å². The van der Waals surface area contributed by atoms with E-state index in [2.05, 4.69) is 0 Å². The Morgan fingerprint density at radius 1 is 1.35 bits per heavy atom. The van der Waals surface area contributed by atoms with Gasteiger partial charge in [-0.3, -0.25) is 4.79 Å². The molecule has 1 unspecified atom stereocenters. The van der Waals surface area contributed by atoms with Crippen molar-refractivity contribution in [2.24, 2.45) is 0 Å². The molecule has 0 N–H and O–H groups in total. The van der Waals surface area contributed by atoms with Crippen molar-refractivity contribution in [2.45, 2.75) is 31.7 Å². The maximum absolute atomic E-state index is 11.8. The lowest BCUT2D eigenvalue weighted by atomic mass is 10.1. The molecular weight excluding hydrogens is 240 g/mol. The van der Waals surface area contributed by atoms with Crippen LogP contribution in [0.2, 0.25) is 0 Å². The number of benzene rings is 1. The second kappa shape index (κ2) is 5.41. The molecule has 1 aromatic rings. The van der Waals surface area contributed by atoms with Crippen molar-refractivity contribution in [1.82, 2.24) is 0 Å². The Hall–Kier alpha value is -1.22. The van der Waals surface area contributed by atoms with Gasteiger partial charge in [-0.15, -0.1) is 11.6 Å². The van der Waals surface area contributed by atoms with Crippen molar-refractivity contribution >= 4 is 17.6 Å². The molecule has 0 aliphatic carbocycles. The van der Waals surface area contributed by atoms with Crippen molar-refractivity contribution < 1.29 is 14.3 Å². The summed E-state index contributed by atoms with van der Waals surface area (Å²) in [4.78, 5) is 11.8. The number of rotatable bonds is 3. The Labute approximate surface area is 107 Å². The lowest BCUT2D eigenvalue weighted by molar-refractivity contribution is -0.154. The minimum absolute atomic E-state index is 0.451. The highest BCUT2D eigenvalue weighted by Gasteiger charge is 2.24. The molecule has 4 heteroatoms. The Kier molecular flexibility index (Phi) is 4.40. The second-order valence-electron chi connectivity index (χ2n) is 4.67. The van der Waals surface area contributed by atoms with Gasteiger partial charge < -0.3 is 9.47 Å². The molecule has 3 nitrogen and oxygen atoms in total. The van der Waals surface area contributed by atoms with Gasteiger partial charge in [-0.2, -0.15) is 0 Å². The van der Waals surface area contributed by atoms with E-state index in [-0.39, 0.29) is 0 Å². The van der Waals surface area contributed by atoms with Crippen LogP contribution in [-0.2, 0) is 9.53 Å². The molecule has 0 spiro atoms. The smallest absolute Gasteiger partial charge is 0.329 e. The second-order valence-corrected chi connectivity index (χ2v) is 5.11. The average molecular weight is 257 g/mol. The summed E-state index contributed by atoms with van der Waals surface area (Å²) < 4.78 is 10.3. The SMILES string of the molecule is COc1cccc(C(Cl)C(=O)OC(C)(C)C)c1. The number of hydrogen-bond donors (Lipinski definition) is 0. The van der Waals surface area contributed by atoms with E-state index in [1.165, 1.54) is 0 Å². The molecule has 0 amide bonds. The third-order valence-corrected chi connectivity index (χ3v) is 2.43. The zero-order chi connectivity index (χ0) is 13.1. The Balaban J connectivity index is 2.81. The van der Waals surface area contributed by atoms with E-state index in [9.17, 15) is 4.79 Å². The monoisotopic (exact) mass is 256 g/mol. The van der Waals surface area contributed by atoms with Gasteiger partial charge in [-0.25, -0.2) is 0 Å². The summed E-state index contributed by atoms with van der Waals surface area (Å²) in [6, 6.07) is 7.07. The number of methoxy groups -OCH3 is 1. The predicted molar refractivity (Wildman–Crippen MR) is 67.4 cm³/mol. The highest BCUT2D eigenvalue weighted by atomic mass is 35.5. The van der Waals surface area contributed by atoms with Gasteiger partial charge in [0.25, 0.3) is 0 Å². The van der Waals surface area contributed by atoms with Crippen LogP contribution < -0.4 is 4.74 Å². The first kappa shape index (κ1) is 13.8. The maximum Gasteiger partial charge on any atom is 0.329 e. The first-order chi connectivity index (χ1) is 7.83. The van der Waals surface area contributed by atoms with Gasteiger partial charge >= 0.3 is 5.97 Å². The molecule has 0 saturated heterocycles. The molecule has 1 aromatic carbocycles. The van der Waals surface area contributed by atoms with Crippen LogP contribution >= 0.6 is 11.6 Å². The molecule has 1 rings (SSSR count). The molecule has 0 aliphatic rings. The van der Waals surface area contributed by atoms with Gasteiger partial charge in [0.15, 0.2) is 5.38 Å². The van der Waals surface area contributed by atoms with Gasteiger partial charge in [0.2, 0.25) is 0 Å². The highest BCUT2D eigenvalue weighted by Crippen LogP contribution is 2.27. The molecule has 17 heavy (non-hydrogen) atoms. The summed E-state index contributed by atoms with van der Waals surface area (Å²) >= 11 is 6.06. The third kappa shape index (κ3) is 4.27. The van der Waals surface area contributed by atoms with E-state index in [1.54, 1.807) is 52.1 Å². The molecule has 0 aliphatic heterocycles. The molecule has 0 saturated carbocycles. The van der Waals surface area contributed by atoms with E-state index in [4.69, 9.17) is 21.1 Å². The van der Waals surface area contributed by atoms with Crippen LogP contribution in [0, 0.1) is 0 Å². The van der Waals surface area contributed by atoms with E-state index < -0.39 is 16.9 Å². The molecule has 1 atom stereocenters. The zero-order valence-electron chi connectivity index (χ0n) is 10.5. The van der Waals surface area contributed by atoms with Crippen LogP contribution in [-0.4, -0.2) is 18.7 Å². The Bertz CT molecular complexity index is 396. The van der Waals surface area contributed by atoms with Crippen LogP contribution in [0.4, 0.5) is 0 Å². The molecule has 0 heterocycles. The molecule has 0 bridgehead atoms. The summed E-state index contributed by atoms with van der Waals surface area (Å²) in [6.07, 6.45) is 0. The highest BCUT2D eigenvalue weighted by molar-refractivity contribution is 6.30. The number of ether oxygens (including phenoxy) is 2. The van der Waals surface area contributed by atoms with Crippen LogP contribution in [0.5, 0.6) is 5.75 Å². The minimum Gasteiger partial charge on any atom is -0.497 e. The van der Waals surface area contributed by atoms with Crippen molar-refractivity contribution in [3.63, 3.8) is 0 Å². The number of halogens is 1. The average Bonchev–Trinajstić information content (AvgIpc) is 2.26. The van der Waals surface area contributed by atoms with E-state index in [1.807, 2.05) is 0 Å². The number of esters is 1. The quantitative estimate of drug-likeness (QED) is 0.615. The number of hydrogen-bond acceptors (Lipinski definition) is 3. The van der Waals surface area contributed by atoms with Crippen LogP contribution in [0.25, 0.3) is 0 Å². The van der Waals surface area contributed by atoms with Gasteiger partial charge in [0, 0.05) is 0 Å². The number of carbonyl (C=O) groups is 1. The standard InChI is InChI=1S/C13H17ClO3/c1-13(2,3)17-12(15)11(14)9-6-5-7-10(8-9)16-4/h5-8,11H,1-4H3. The summed E-state index contributed by atoms with van der Waals surface area (Å²) in [5, 5.41) is -0.815. The number of alkyl halides is 1. The first-order valence-electron chi connectivity index (χ1n) is 5.34. The molecule has 94 valence electrons. The molecule has 0 radical (unpaired) electrons. The van der Waals surface area contributed by atoms with E-state index in [0.717, 1.165) is 0 Å². The summed E-state index contributed by atoms with van der Waals surface area (Å²) in [6.45, 7) is 5.42. The summed E-state index contributed by atoms with van der Waals surface area (Å²) in [7, 11) is 1.57. The fourth-order valence-electron chi connectivity index (χ4n) is 1.29. The van der Waals surface area contributed by atoms with E-state index >= 15 is 0 Å². The third-order valence-electron chi connectivity index (χ3n) is 2.00. The van der Waals surface area contributed by atoms with Crippen molar-refractivity contribution in [2.75, 3.05) is 7.11 Å². The summed E-state index contributed by atoms with van der Waals surface area (Å²) in [5.41, 5.74) is 0.128. The van der Waals surface area contributed by atoms with Gasteiger partial charge in [0.05, 0.1) is 7.11 Å². The maximum atomic E-state index is 11.8. The fourth-order valence-corrected chi connectivity index (χ4v) is 1.47. The van der Waals surface area contributed by atoms with Crippen LogP contribution in [0.3, 0.4) is 0 Å². The largest absolute Gasteiger partial charge is 0.497 e. The normalized spacial score (nSPS) is 13.0. The van der Waals surface area contributed by atoms with Crippen LogP contribution in [0.15, 0.2) is 24.3 Å². The van der Waals surface area contributed by atoms with Crippen LogP contribution in [0.1, 0.15) is 31.7 Å². The fraction of sp³-hybridized carbons (Fsp3) is 0.462. The van der Waals surface area contributed by atoms with E-state index in [0.29, 0.717) is 11.3 Å². The predicted octanol–water partition coefficient (Wildman–Crippen LogP) is 3.32. The first-order valence-corrected chi connectivity index (χ1v) is 5.78. The Morgan fingerprint density at radius 3 is 2.53 bits per heavy atom.